The van der Waals surface area contributed by atoms with Crippen molar-refractivity contribution in [3.8, 4) is 0 Å². The summed E-state index contributed by atoms with van der Waals surface area (Å²) in [6.07, 6.45) is 0.744. The second-order valence-corrected chi connectivity index (χ2v) is 7.34. The third-order valence-electron chi connectivity index (χ3n) is 4.23. The maximum Gasteiger partial charge on any atom is 0.256 e. The van der Waals surface area contributed by atoms with Crippen LogP contribution in [-0.2, 0) is 13.0 Å². The summed E-state index contributed by atoms with van der Waals surface area (Å²) >= 11 is 7.64. The van der Waals surface area contributed by atoms with Crippen LogP contribution < -0.4 is 10.6 Å². The third-order valence-corrected chi connectivity index (χ3v) is 5.63. The lowest BCUT2D eigenvalue weighted by Gasteiger charge is -2.27. The van der Waals surface area contributed by atoms with Crippen LogP contribution in [-0.4, -0.2) is 24.4 Å². The van der Waals surface area contributed by atoms with Gasteiger partial charge in [0.15, 0.2) is 0 Å². The minimum Gasteiger partial charge on any atom is -0.353 e. The van der Waals surface area contributed by atoms with E-state index in [1.807, 2.05) is 24.3 Å². The van der Waals surface area contributed by atoms with Gasteiger partial charge in [-0.25, -0.2) is 0 Å². The summed E-state index contributed by atoms with van der Waals surface area (Å²) in [6.45, 7) is 1.93. The Hall–Kier alpha value is -1.56. The summed E-state index contributed by atoms with van der Waals surface area (Å²) in [5, 5.41) is 8.20. The highest BCUT2D eigenvalue weighted by Crippen LogP contribution is 2.40. The molecule has 114 valence electrons. The number of nitrogens with zero attached hydrogens (tertiary/aromatic N) is 1. The Labute approximate surface area is 138 Å². The van der Waals surface area contributed by atoms with E-state index in [4.69, 9.17) is 11.6 Å². The predicted molar refractivity (Wildman–Crippen MR) is 89.6 cm³/mol. The third kappa shape index (κ3) is 2.29. The van der Waals surface area contributed by atoms with Gasteiger partial charge in [-0.2, -0.15) is 0 Å². The molecule has 0 bridgehead atoms. The van der Waals surface area contributed by atoms with Gasteiger partial charge in [0.1, 0.15) is 11.2 Å². The maximum absolute atomic E-state index is 12.6. The lowest BCUT2D eigenvalue weighted by atomic mass is 10.0. The molecule has 0 saturated heterocycles. The molecule has 1 atom stereocenters. The molecule has 2 aliphatic heterocycles. The minimum absolute atomic E-state index is 0.0238. The van der Waals surface area contributed by atoms with Gasteiger partial charge in [-0.3, -0.25) is 4.79 Å². The topological polar surface area (TPSA) is 44.4 Å². The van der Waals surface area contributed by atoms with E-state index in [-0.39, 0.29) is 12.1 Å². The number of nitrogens with one attached hydrogen (secondary N) is 2. The Morgan fingerprint density at radius 2 is 2.05 bits per heavy atom. The molecule has 3 heterocycles. The second-order valence-electron chi connectivity index (χ2n) is 5.80. The highest BCUT2D eigenvalue weighted by Gasteiger charge is 2.32. The van der Waals surface area contributed by atoms with Crippen LogP contribution in [0.5, 0.6) is 0 Å². The van der Waals surface area contributed by atoms with Gasteiger partial charge >= 0.3 is 0 Å². The second kappa shape index (κ2) is 5.26. The molecule has 1 aromatic carbocycles. The van der Waals surface area contributed by atoms with Crippen LogP contribution in [0.3, 0.4) is 0 Å². The van der Waals surface area contributed by atoms with Crippen LogP contribution in [0.15, 0.2) is 24.3 Å². The average Bonchev–Trinajstić information content (AvgIpc) is 2.85. The van der Waals surface area contributed by atoms with Crippen LogP contribution in [0.2, 0.25) is 5.02 Å². The molecule has 0 radical (unpaired) electrons. The zero-order chi connectivity index (χ0) is 15.3. The maximum atomic E-state index is 12.6. The first-order chi connectivity index (χ1) is 10.6. The van der Waals surface area contributed by atoms with E-state index in [0.717, 1.165) is 35.6 Å². The van der Waals surface area contributed by atoms with Gasteiger partial charge < -0.3 is 15.5 Å². The molecule has 4 nitrogen and oxygen atoms in total. The van der Waals surface area contributed by atoms with E-state index in [9.17, 15) is 4.79 Å². The van der Waals surface area contributed by atoms with Gasteiger partial charge in [-0.1, -0.05) is 23.7 Å². The summed E-state index contributed by atoms with van der Waals surface area (Å²) in [4.78, 5) is 16.2. The Morgan fingerprint density at radius 1 is 1.27 bits per heavy atom. The lowest BCUT2D eigenvalue weighted by Crippen LogP contribution is -2.38. The Morgan fingerprint density at radius 3 is 2.82 bits per heavy atom. The van der Waals surface area contributed by atoms with Crippen molar-refractivity contribution in [2.45, 2.75) is 19.1 Å². The minimum atomic E-state index is -0.199. The fraction of sp³-hybridized carbons (Fsp3) is 0.312. The first-order valence-electron chi connectivity index (χ1n) is 7.28. The molecule has 4 rings (SSSR count). The van der Waals surface area contributed by atoms with Crippen LogP contribution in [0.1, 0.15) is 32.5 Å². The smallest absolute Gasteiger partial charge is 0.256 e. The van der Waals surface area contributed by atoms with Crippen molar-refractivity contribution in [3.05, 3.63) is 50.9 Å². The van der Waals surface area contributed by atoms with E-state index in [0.29, 0.717) is 5.02 Å². The Bertz CT molecular complexity index is 741. The number of likely N-dealkylation sites (N-methyl/N-ethyl adjacent to an activating group) is 1. The van der Waals surface area contributed by atoms with Crippen molar-refractivity contribution < 1.29 is 4.79 Å². The van der Waals surface area contributed by atoms with Gasteiger partial charge in [0.25, 0.3) is 5.91 Å². The number of anilines is 1. The molecule has 0 fully saturated rings. The normalized spacial score (nSPS) is 20.8. The molecule has 6 heteroatoms. The molecule has 2 aromatic rings. The lowest BCUT2D eigenvalue weighted by molar-refractivity contribution is 0.0935. The molecular weight excluding hydrogens is 318 g/mol. The van der Waals surface area contributed by atoms with Gasteiger partial charge in [0, 0.05) is 23.0 Å². The standard InChI is InChI=1S/C16H16ClN3OS/c1-20-7-6-11-12(8-20)22-16-13(11)15(21)18-14(19-16)9-2-4-10(17)5-3-9/h2-5,14,19H,6-8H2,1H3,(H,18,21)/t14-/m1/s1. The first kappa shape index (κ1) is 14.1. The van der Waals surface area contributed by atoms with Gasteiger partial charge in [-0.05, 0) is 36.7 Å². The molecule has 1 aromatic heterocycles. The highest BCUT2D eigenvalue weighted by molar-refractivity contribution is 7.16. The highest BCUT2D eigenvalue weighted by atomic mass is 35.5. The van der Waals surface area contributed by atoms with Gasteiger partial charge in [-0.15, -0.1) is 11.3 Å². The average molecular weight is 334 g/mol. The number of thiophene rings is 1. The van der Waals surface area contributed by atoms with E-state index in [2.05, 4.69) is 22.6 Å². The molecule has 22 heavy (non-hydrogen) atoms. The quantitative estimate of drug-likeness (QED) is 0.842. The zero-order valence-corrected chi connectivity index (χ0v) is 13.7. The number of rotatable bonds is 1. The van der Waals surface area contributed by atoms with Crippen molar-refractivity contribution >= 4 is 33.8 Å². The van der Waals surface area contributed by atoms with Gasteiger partial charge in [0.2, 0.25) is 0 Å². The molecule has 2 aliphatic rings. The molecule has 0 saturated carbocycles. The van der Waals surface area contributed by atoms with Crippen molar-refractivity contribution in [2.24, 2.45) is 0 Å². The molecule has 0 unspecified atom stereocenters. The summed E-state index contributed by atoms with van der Waals surface area (Å²) in [5.41, 5.74) is 3.07. The van der Waals surface area contributed by atoms with Crippen LogP contribution in [0.25, 0.3) is 0 Å². The van der Waals surface area contributed by atoms with E-state index in [1.54, 1.807) is 11.3 Å². The number of fused-ring (bicyclic) bond motifs is 3. The van der Waals surface area contributed by atoms with E-state index in [1.165, 1.54) is 10.4 Å². The van der Waals surface area contributed by atoms with Crippen LogP contribution in [0, 0.1) is 0 Å². The van der Waals surface area contributed by atoms with Crippen molar-refractivity contribution in [1.82, 2.24) is 10.2 Å². The Kier molecular flexibility index (Phi) is 3.36. The fourth-order valence-corrected chi connectivity index (χ4v) is 4.54. The van der Waals surface area contributed by atoms with Crippen molar-refractivity contribution in [2.75, 3.05) is 18.9 Å². The van der Waals surface area contributed by atoms with E-state index >= 15 is 0 Å². The number of hydrogen-bond acceptors (Lipinski definition) is 4. The molecule has 2 N–H and O–H groups in total. The number of hydrogen-bond donors (Lipinski definition) is 2. The number of halogens is 1. The summed E-state index contributed by atoms with van der Waals surface area (Å²) in [5.74, 6) is 0.0238. The predicted octanol–water partition coefficient (Wildman–Crippen LogP) is 3.24. The number of benzene rings is 1. The molecule has 0 spiro atoms. The summed E-state index contributed by atoms with van der Waals surface area (Å²) < 4.78 is 0. The number of amides is 1. The monoisotopic (exact) mass is 333 g/mol. The van der Waals surface area contributed by atoms with Gasteiger partial charge in [0.05, 0.1) is 5.56 Å². The zero-order valence-electron chi connectivity index (χ0n) is 12.1. The van der Waals surface area contributed by atoms with E-state index < -0.39 is 0 Å². The molecule has 0 aliphatic carbocycles. The summed E-state index contributed by atoms with van der Waals surface area (Å²) in [7, 11) is 2.12. The van der Waals surface area contributed by atoms with Crippen LogP contribution in [0.4, 0.5) is 5.00 Å². The molecule has 1 amide bonds. The largest absolute Gasteiger partial charge is 0.353 e. The molecular formula is C16H16ClN3OS. The summed E-state index contributed by atoms with van der Waals surface area (Å²) in [6, 6.07) is 7.56. The first-order valence-corrected chi connectivity index (χ1v) is 8.47. The SMILES string of the molecule is CN1CCc2c(sc3c2C(=O)N[C@@H](c2ccc(Cl)cc2)N3)C1. The van der Waals surface area contributed by atoms with Crippen LogP contribution >= 0.6 is 22.9 Å². The fourth-order valence-electron chi connectivity index (χ4n) is 3.07. The Balaban J connectivity index is 1.69. The van der Waals surface area contributed by atoms with Crippen molar-refractivity contribution in [3.63, 3.8) is 0 Å². The number of carbonyl (C=O) groups is 1. The number of carbonyl (C=O) groups excluding carboxylic acids is 1. The van der Waals surface area contributed by atoms with Crippen molar-refractivity contribution in [1.29, 1.82) is 0 Å².